The molecule has 0 spiro atoms. The Morgan fingerprint density at radius 2 is 2.38 bits per heavy atom. The van der Waals surface area contributed by atoms with Crippen molar-refractivity contribution in [3.63, 3.8) is 0 Å². The highest BCUT2D eigenvalue weighted by Crippen LogP contribution is 2.33. The van der Waals surface area contributed by atoms with Gasteiger partial charge in [-0.1, -0.05) is 6.92 Å². The third-order valence-corrected chi connectivity index (χ3v) is 4.73. The summed E-state index contributed by atoms with van der Waals surface area (Å²) in [4.78, 5) is 7.13. The van der Waals surface area contributed by atoms with E-state index in [1.165, 1.54) is 18.0 Å². The molecule has 1 aromatic rings. The van der Waals surface area contributed by atoms with Gasteiger partial charge in [-0.25, -0.2) is 4.98 Å². The summed E-state index contributed by atoms with van der Waals surface area (Å²) in [5, 5.41) is 3.28. The third kappa shape index (κ3) is 2.41. The van der Waals surface area contributed by atoms with E-state index in [2.05, 4.69) is 36.0 Å². The second-order valence-corrected chi connectivity index (χ2v) is 6.03. The fourth-order valence-electron chi connectivity index (χ4n) is 2.59. The van der Waals surface area contributed by atoms with Crippen LogP contribution in [0.5, 0.6) is 0 Å². The molecule has 0 aliphatic carbocycles. The molecule has 2 nitrogen and oxygen atoms in total. The van der Waals surface area contributed by atoms with E-state index in [0.29, 0.717) is 18.0 Å². The smallest absolute Gasteiger partial charge is 0.110 e. The molecule has 2 heterocycles. The average molecular weight is 259 g/mol. The number of thiazole rings is 1. The van der Waals surface area contributed by atoms with Gasteiger partial charge < -0.3 is 0 Å². The van der Waals surface area contributed by atoms with Gasteiger partial charge in [0.15, 0.2) is 0 Å². The van der Waals surface area contributed by atoms with E-state index in [0.717, 1.165) is 11.6 Å². The molecule has 0 saturated carbocycles. The summed E-state index contributed by atoms with van der Waals surface area (Å²) >= 11 is 7.52. The lowest BCUT2D eigenvalue weighted by Crippen LogP contribution is -2.30. The lowest BCUT2D eigenvalue weighted by atomic mass is 10.1. The number of hydrogen-bond donors (Lipinski definition) is 0. The van der Waals surface area contributed by atoms with Gasteiger partial charge in [0.2, 0.25) is 0 Å². The van der Waals surface area contributed by atoms with Crippen LogP contribution in [0.25, 0.3) is 0 Å². The summed E-state index contributed by atoms with van der Waals surface area (Å²) in [6, 6.07) is 1.11. The molecule has 1 aliphatic heterocycles. The maximum absolute atomic E-state index is 5.79. The fraction of sp³-hybridized carbons (Fsp3) is 0.750. The molecule has 0 aromatic carbocycles. The Labute approximate surface area is 107 Å². The van der Waals surface area contributed by atoms with Crippen LogP contribution >= 0.6 is 22.9 Å². The summed E-state index contributed by atoms with van der Waals surface area (Å²) in [5.74, 6) is 1.33. The van der Waals surface area contributed by atoms with Crippen LogP contribution in [0.4, 0.5) is 0 Å². The lowest BCUT2D eigenvalue weighted by molar-refractivity contribution is 0.201. The first-order valence-electron chi connectivity index (χ1n) is 5.87. The van der Waals surface area contributed by atoms with Crippen molar-refractivity contribution in [3.05, 3.63) is 16.1 Å². The average Bonchev–Trinajstić information content (AvgIpc) is 2.84. The monoisotopic (exact) mass is 258 g/mol. The predicted octanol–water partition coefficient (Wildman–Crippen LogP) is 3.67. The normalized spacial score (nSPS) is 28.5. The van der Waals surface area contributed by atoms with Crippen LogP contribution in [0.15, 0.2) is 5.38 Å². The molecule has 1 aromatic heterocycles. The number of alkyl halides is 1. The van der Waals surface area contributed by atoms with E-state index >= 15 is 0 Å². The summed E-state index contributed by atoms with van der Waals surface area (Å²) in [5.41, 5.74) is 1.01. The van der Waals surface area contributed by atoms with Crippen molar-refractivity contribution in [2.75, 3.05) is 6.54 Å². The predicted molar refractivity (Wildman–Crippen MR) is 70.0 cm³/mol. The van der Waals surface area contributed by atoms with Crippen molar-refractivity contribution in [2.45, 2.75) is 45.2 Å². The number of hydrogen-bond acceptors (Lipinski definition) is 3. The van der Waals surface area contributed by atoms with E-state index in [1.54, 1.807) is 11.3 Å². The SMILES string of the molecule is CC1CC(C)N(C(C)c2nc(CCl)cs2)C1. The lowest BCUT2D eigenvalue weighted by Gasteiger charge is -2.26. The second-order valence-electron chi connectivity index (χ2n) is 4.87. The highest BCUT2D eigenvalue weighted by molar-refractivity contribution is 7.09. The van der Waals surface area contributed by atoms with Crippen molar-refractivity contribution in [1.82, 2.24) is 9.88 Å². The van der Waals surface area contributed by atoms with Crippen LogP contribution in [-0.4, -0.2) is 22.5 Å². The van der Waals surface area contributed by atoms with E-state index in [1.807, 2.05) is 0 Å². The fourth-order valence-corrected chi connectivity index (χ4v) is 3.71. The molecule has 1 fully saturated rings. The first-order valence-corrected chi connectivity index (χ1v) is 7.29. The van der Waals surface area contributed by atoms with Crippen molar-refractivity contribution in [2.24, 2.45) is 5.92 Å². The highest BCUT2D eigenvalue weighted by Gasteiger charge is 2.31. The maximum Gasteiger partial charge on any atom is 0.110 e. The van der Waals surface area contributed by atoms with Crippen molar-refractivity contribution < 1.29 is 0 Å². The molecule has 2 rings (SSSR count). The zero-order valence-electron chi connectivity index (χ0n) is 10.1. The minimum Gasteiger partial charge on any atom is -0.291 e. The van der Waals surface area contributed by atoms with Gasteiger partial charge in [-0.05, 0) is 26.2 Å². The van der Waals surface area contributed by atoms with Crippen LogP contribution in [-0.2, 0) is 5.88 Å². The Morgan fingerprint density at radius 3 is 2.88 bits per heavy atom. The van der Waals surface area contributed by atoms with Crippen molar-refractivity contribution in [1.29, 1.82) is 0 Å². The largest absolute Gasteiger partial charge is 0.291 e. The Kier molecular flexibility index (Phi) is 3.88. The van der Waals surface area contributed by atoms with Gasteiger partial charge in [-0.3, -0.25) is 4.90 Å². The van der Waals surface area contributed by atoms with Gasteiger partial charge in [-0.15, -0.1) is 22.9 Å². The number of likely N-dealkylation sites (tertiary alicyclic amines) is 1. The second kappa shape index (κ2) is 5.03. The molecular formula is C12H19ClN2S. The zero-order valence-corrected chi connectivity index (χ0v) is 11.7. The highest BCUT2D eigenvalue weighted by atomic mass is 35.5. The van der Waals surface area contributed by atoms with Crippen molar-refractivity contribution in [3.8, 4) is 0 Å². The Bertz CT molecular complexity index is 353. The minimum absolute atomic E-state index is 0.432. The number of nitrogens with zero attached hydrogens (tertiary/aromatic N) is 2. The van der Waals surface area contributed by atoms with Gasteiger partial charge in [0, 0.05) is 18.0 Å². The van der Waals surface area contributed by atoms with Crippen LogP contribution in [0, 0.1) is 5.92 Å². The summed E-state index contributed by atoms with van der Waals surface area (Å²) in [7, 11) is 0. The quantitative estimate of drug-likeness (QED) is 0.769. The Hall–Kier alpha value is -0.120. The van der Waals surface area contributed by atoms with Gasteiger partial charge >= 0.3 is 0 Å². The molecule has 0 radical (unpaired) electrons. The third-order valence-electron chi connectivity index (χ3n) is 3.39. The summed E-state index contributed by atoms with van der Waals surface area (Å²) in [6.45, 7) is 8.09. The minimum atomic E-state index is 0.432. The molecule has 1 aliphatic rings. The molecule has 90 valence electrons. The Balaban J connectivity index is 2.09. The molecule has 1 saturated heterocycles. The number of aromatic nitrogens is 1. The first kappa shape index (κ1) is 12.3. The summed E-state index contributed by atoms with van der Waals surface area (Å²) < 4.78 is 0. The zero-order chi connectivity index (χ0) is 11.7. The van der Waals surface area contributed by atoms with E-state index in [4.69, 9.17) is 11.6 Å². The molecule has 3 unspecified atom stereocenters. The molecule has 3 atom stereocenters. The molecule has 16 heavy (non-hydrogen) atoms. The van der Waals surface area contributed by atoms with E-state index in [-0.39, 0.29) is 0 Å². The van der Waals surface area contributed by atoms with Crippen LogP contribution in [0.3, 0.4) is 0 Å². The molecule has 0 N–H and O–H groups in total. The summed E-state index contributed by atoms with van der Waals surface area (Å²) in [6.07, 6.45) is 1.30. The van der Waals surface area contributed by atoms with Crippen molar-refractivity contribution >= 4 is 22.9 Å². The van der Waals surface area contributed by atoms with E-state index in [9.17, 15) is 0 Å². The Morgan fingerprint density at radius 1 is 1.62 bits per heavy atom. The number of halogens is 1. The standard InChI is InChI=1S/C12H19ClN2S/c1-8-4-9(2)15(6-8)10(3)12-14-11(5-13)7-16-12/h7-10H,4-6H2,1-3H3. The molecular weight excluding hydrogens is 240 g/mol. The molecule has 0 amide bonds. The maximum atomic E-state index is 5.79. The van der Waals surface area contributed by atoms with Crippen LogP contribution in [0.2, 0.25) is 0 Å². The molecule has 0 bridgehead atoms. The van der Waals surface area contributed by atoms with Gasteiger partial charge in [-0.2, -0.15) is 0 Å². The van der Waals surface area contributed by atoms with Gasteiger partial charge in [0.25, 0.3) is 0 Å². The topological polar surface area (TPSA) is 16.1 Å². The van der Waals surface area contributed by atoms with Crippen LogP contribution in [0.1, 0.15) is 43.9 Å². The van der Waals surface area contributed by atoms with Crippen LogP contribution < -0.4 is 0 Å². The first-order chi connectivity index (χ1) is 7.61. The van der Waals surface area contributed by atoms with Gasteiger partial charge in [0.1, 0.15) is 5.01 Å². The van der Waals surface area contributed by atoms with Gasteiger partial charge in [0.05, 0.1) is 17.6 Å². The van der Waals surface area contributed by atoms with E-state index < -0.39 is 0 Å². The number of rotatable bonds is 3. The molecule has 4 heteroatoms.